The molecule has 2 heterocycles. The van der Waals surface area contributed by atoms with Gasteiger partial charge >= 0.3 is 0 Å². The van der Waals surface area contributed by atoms with E-state index in [2.05, 4.69) is 19.6 Å². The van der Waals surface area contributed by atoms with Gasteiger partial charge in [-0.2, -0.15) is 0 Å². The molecule has 0 aromatic carbocycles. The number of aliphatic hydroxyl groups excluding tert-OH is 2. The summed E-state index contributed by atoms with van der Waals surface area (Å²) in [5.41, 5.74) is 1.27. The lowest BCUT2D eigenvalue weighted by atomic mass is 9.98. The fourth-order valence-electron chi connectivity index (χ4n) is 3.27. The molecule has 4 atom stereocenters. The largest absolute Gasteiger partial charge is 0.393 e. The molecule has 1 unspecified atom stereocenters. The molecule has 22 heavy (non-hydrogen) atoms. The van der Waals surface area contributed by atoms with Crippen molar-refractivity contribution in [2.45, 2.75) is 82.4 Å². The van der Waals surface area contributed by atoms with Crippen LogP contribution in [0, 0.1) is 0 Å². The maximum atomic E-state index is 9.84. The number of hydrogen-bond acceptors (Lipinski definition) is 4. The number of fused-ring (bicyclic) bond motifs is 2. The second-order valence-electron chi connectivity index (χ2n) is 6.67. The molecule has 2 aliphatic heterocycles. The lowest BCUT2D eigenvalue weighted by Gasteiger charge is -2.31. The molecular formula is C18H30O4. The van der Waals surface area contributed by atoms with E-state index in [0.29, 0.717) is 18.9 Å². The maximum absolute atomic E-state index is 9.84. The molecule has 4 heteroatoms. The first-order valence-electron chi connectivity index (χ1n) is 8.49. The Morgan fingerprint density at radius 1 is 1.45 bits per heavy atom. The summed E-state index contributed by atoms with van der Waals surface area (Å²) in [6, 6.07) is 0. The summed E-state index contributed by atoms with van der Waals surface area (Å²) >= 11 is 0. The number of hydrogen-bond donors (Lipinski definition) is 2. The van der Waals surface area contributed by atoms with Crippen LogP contribution in [0.3, 0.4) is 0 Å². The van der Waals surface area contributed by atoms with E-state index in [4.69, 9.17) is 9.47 Å². The Morgan fingerprint density at radius 2 is 2.27 bits per heavy atom. The average Bonchev–Trinajstić information content (AvgIpc) is 2.79. The molecule has 2 aliphatic rings. The van der Waals surface area contributed by atoms with Crippen LogP contribution >= 0.6 is 0 Å². The molecule has 0 aromatic rings. The highest BCUT2D eigenvalue weighted by Crippen LogP contribution is 2.39. The molecule has 2 rings (SSSR count). The first-order chi connectivity index (χ1) is 10.5. The molecular weight excluding hydrogens is 280 g/mol. The van der Waals surface area contributed by atoms with Crippen molar-refractivity contribution in [3.05, 3.63) is 24.3 Å². The molecule has 0 aliphatic carbocycles. The van der Waals surface area contributed by atoms with Crippen LogP contribution in [-0.4, -0.2) is 40.9 Å². The Balaban J connectivity index is 1.66. The van der Waals surface area contributed by atoms with E-state index in [-0.39, 0.29) is 5.79 Å². The summed E-state index contributed by atoms with van der Waals surface area (Å²) in [5, 5.41) is 19.3. The predicted molar refractivity (Wildman–Crippen MR) is 86.5 cm³/mol. The van der Waals surface area contributed by atoms with Gasteiger partial charge in [0.2, 0.25) is 0 Å². The van der Waals surface area contributed by atoms with Gasteiger partial charge in [0.15, 0.2) is 5.79 Å². The summed E-state index contributed by atoms with van der Waals surface area (Å²) in [6.45, 7) is 6.36. The van der Waals surface area contributed by atoms with Crippen molar-refractivity contribution in [3.8, 4) is 0 Å². The van der Waals surface area contributed by atoms with Gasteiger partial charge in [-0.1, -0.05) is 17.7 Å². The van der Waals surface area contributed by atoms with Gasteiger partial charge in [0.1, 0.15) is 0 Å². The van der Waals surface area contributed by atoms with Crippen LogP contribution in [0.2, 0.25) is 0 Å². The van der Waals surface area contributed by atoms with E-state index in [1.54, 1.807) is 0 Å². The quantitative estimate of drug-likeness (QED) is 0.643. The second kappa shape index (κ2) is 8.25. The van der Waals surface area contributed by atoms with Crippen molar-refractivity contribution in [2.24, 2.45) is 0 Å². The molecule has 0 saturated carbocycles. The Hall–Kier alpha value is -0.680. The topological polar surface area (TPSA) is 58.9 Å². The Labute approximate surface area is 133 Å². The summed E-state index contributed by atoms with van der Waals surface area (Å²) in [7, 11) is 0. The molecule has 2 fully saturated rings. The van der Waals surface area contributed by atoms with Gasteiger partial charge in [0.05, 0.1) is 24.9 Å². The monoisotopic (exact) mass is 310 g/mol. The van der Waals surface area contributed by atoms with Gasteiger partial charge in [-0.05, 0) is 39.0 Å². The number of aliphatic hydroxyl groups is 2. The zero-order valence-electron chi connectivity index (χ0n) is 13.7. The summed E-state index contributed by atoms with van der Waals surface area (Å²) in [5.74, 6) is -0.326. The molecule has 2 bridgehead atoms. The minimum absolute atomic E-state index is 0.310. The molecule has 2 N–H and O–H groups in total. The van der Waals surface area contributed by atoms with Gasteiger partial charge in [-0.3, -0.25) is 0 Å². The third-order valence-corrected chi connectivity index (χ3v) is 4.67. The summed E-state index contributed by atoms with van der Waals surface area (Å²) in [4.78, 5) is 0. The second-order valence-corrected chi connectivity index (χ2v) is 6.67. The van der Waals surface area contributed by atoms with Gasteiger partial charge in [0, 0.05) is 19.3 Å². The van der Waals surface area contributed by atoms with Gasteiger partial charge in [-0.25, -0.2) is 0 Å². The lowest BCUT2D eigenvalue weighted by molar-refractivity contribution is -0.191. The van der Waals surface area contributed by atoms with Crippen molar-refractivity contribution in [1.29, 1.82) is 0 Å². The minimum Gasteiger partial charge on any atom is -0.393 e. The van der Waals surface area contributed by atoms with Crippen LogP contribution in [-0.2, 0) is 9.47 Å². The fraction of sp³-hybridized carbons (Fsp3) is 0.778. The third-order valence-electron chi connectivity index (χ3n) is 4.67. The van der Waals surface area contributed by atoms with Crippen molar-refractivity contribution in [1.82, 2.24) is 0 Å². The highest BCUT2D eigenvalue weighted by Gasteiger charge is 2.43. The fourth-order valence-corrected chi connectivity index (χ4v) is 3.27. The van der Waals surface area contributed by atoms with Crippen LogP contribution in [0.25, 0.3) is 0 Å². The van der Waals surface area contributed by atoms with Crippen LogP contribution in [0.5, 0.6) is 0 Å². The molecule has 0 spiro atoms. The molecule has 0 radical (unpaired) electrons. The van der Waals surface area contributed by atoms with Gasteiger partial charge < -0.3 is 19.7 Å². The lowest BCUT2D eigenvalue weighted by Crippen LogP contribution is -2.33. The van der Waals surface area contributed by atoms with E-state index in [1.807, 2.05) is 0 Å². The highest BCUT2D eigenvalue weighted by atomic mass is 16.7. The van der Waals surface area contributed by atoms with Crippen LogP contribution in [0.1, 0.15) is 58.3 Å². The van der Waals surface area contributed by atoms with Gasteiger partial charge in [0.25, 0.3) is 0 Å². The summed E-state index contributed by atoms with van der Waals surface area (Å²) in [6.07, 6.45) is 9.99. The van der Waals surface area contributed by atoms with E-state index < -0.39 is 12.2 Å². The van der Waals surface area contributed by atoms with E-state index >= 15 is 0 Å². The minimum atomic E-state index is -0.616. The van der Waals surface area contributed by atoms with Crippen molar-refractivity contribution in [2.75, 3.05) is 6.61 Å². The molecule has 0 amide bonds. The van der Waals surface area contributed by atoms with E-state index in [9.17, 15) is 10.2 Å². The standard InChI is InChI=1S/C18H30O4/c1-3-15(19)12-16(20)9-8-14(2)6-4-10-18-11-5-7-17(22-18)13-21-18/h3,6,15-17,19-20H,1,4-5,7-13H2,2H3/b14-6+/t15?,16-,17+,18-/m0/s1. The number of allylic oxidation sites excluding steroid dienone is 2. The highest BCUT2D eigenvalue weighted by molar-refractivity contribution is 4.99. The van der Waals surface area contributed by atoms with Crippen molar-refractivity contribution < 1.29 is 19.7 Å². The van der Waals surface area contributed by atoms with Crippen molar-refractivity contribution in [3.63, 3.8) is 0 Å². The first-order valence-corrected chi connectivity index (χ1v) is 8.49. The van der Waals surface area contributed by atoms with Crippen LogP contribution in [0.15, 0.2) is 24.3 Å². The SMILES string of the molecule is C=CC(O)C[C@@H](O)CC/C(C)=C/CC[C@]12CCC[C@H](CO1)O2. The van der Waals surface area contributed by atoms with Crippen molar-refractivity contribution >= 4 is 0 Å². The van der Waals surface area contributed by atoms with Gasteiger partial charge in [-0.15, -0.1) is 6.58 Å². The number of ether oxygens (including phenoxy) is 2. The molecule has 126 valence electrons. The molecule has 0 aromatic heterocycles. The zero-order chi connectivity index (χ0) is 16.0. The smallest absolute Gasteiger partial charge is 0.169 e. The average molecular weight is 310 g/mol. The van der Waals surface area contributed by atoms with E-state index in [0.717, 1.165) is 38.7 Å². The predicted octanol–water partition coefficient (Wildman–Crippen LogP) is 3.09. The molecule has 4 nitrogen and oxygen atoms in total. The van der Waals surface area contributed by atoms with E-state index in [1.165, 1.54) is 18.1 Å². The zero-order valence-corrected chi connectivity index (χ0v) is 13.7. The Morgan fingerprint density at radius 3 is 3.05 bits per heavy atom. The normalized spacial score (nSPS) is 31.0. The Bertz CT molecular complexity index is 389. The van der Waals surface area contributed by atoms with Crippen LogP contribution in [0.4, 0.5) is 0 Å². The molecule has 2 saturated heterocycles. The third kappa shape index (κ3) is 5.20. The summed E-state index contributed by atoms with van der Waals surface area (Å²) < 4.78 is 11.9. The first kappa shape index (κ1) is 17.7. The maximum Gasteiger partial charge on any atom is 0.169 e. The Kier molecular flexibility index (Phi) is 6.63. The number of rotatable bonds is 9. The van der Waals surface area contributed by atoms with Crippen LogP contribution < -0.4 is 0 Å².